The number of para-hydroxylation sites is 1. The predicted octanol–water partition coefficient (Wildman–Crippen LogP) is 2.66. The highest BCUT2D eigenvalue weighted by molar-refractivity contribution is 5.56. The molecule has 2 atom stereocenters. The second-order valence-electron chi connectivity index (χ2n) is 4.87. The van der Waals surface area contributed by atoms with Gasteiger partial charge in [-0.05, 0) is 30.5 Å². The topological polar surface area (TPSA) is 24.1 Å². The van der Waals surface area contributed by atoms with Gasteiger partial charge in [-0.1, -0.05) is 38.5 Å². The van der Waals surface area contributed by atoms with E-state index in [2.05, 4.69) is 48.7 Å². The smallest absolute Gasteiger partial charge is 0.0427 e. The van der Waals surface area contributed by atoms with Crippen LogP contribution in [0.25, 0.3) is 0 Å². The third-order valence-corrected chi connectivity index (χ3v) is 3.42. The van der Waals surface area contributed by atoms with E-state index in [-0.39, 0.29) is 0 Å². The van der Waals surface area contributed by atoms with Gasteiger partial charge in [-0.2, -0.15) is 0 Å². The Bertz CT molecular complexity index is 310. The molecule has 2 unspecified atom stereocenters. The zero-order chi connectivity index (χ0) is 11.4. The largest absolute Gasteiger partial charge is 0.380 e. The van der Waals surface area contributed by atoms with Gasteiger partial charge in [0.15, 0.2) is 0 Å². The fourth-order valence-electron chi connectivity index (χ4n) is 2.15. The van der Waals surface area contributed by atoms with Crippen LogP contribution in [0.5, 0.6) is 0 Å². The molecular weight excluding hydrogens is 196 g/mol. The lowest BCUT2D eigenvalue weighted by atomic mass is 10.1. The summed E-state index contributed by atoms with van der Waals surface area (Å²) in [4.78, 5) is 0. The molecule has 2 nitrogen and oxygen atoms in total. The third-order valence-electron chi connectivity index (χ3n) is 3.42. The number of hydrogen-bond acceptors (Lipinski definition) is 2. The van der Waals surface area contributed by atoms with Crippen LogP contribution in [0.1, 0.15) is 25.8 Å². The molecule has 1 aromatic carbocycles. The van der Waals surface area contributed by atoms with Crippen LogP contribution < -0.4 is 10.6 Å². The van der Waals surface area contributed by atoms with Crippen LogP contribution >= 0.6 is 0 Å². The van der Waals surface area contributed by atoms with Crippen molar-refractivity contribution in [2.24, 2.45) is 5.92 Å². The first kappa shape index (κ1) is 11.5. The summed E-state index contributed by atoms with van der Waals surface area (Å²) in [5, 5.41) is 7.11. The molecule has 0 aromatic heterocycles. The Hall–Kier alpha value is -1.02. The lowest BCUT2D eigenvalue weighted by Gasteiger charge is -2.14. The Morgan fingerprint density at radius 1 is 1.44 bits per heavy atom. The van der Waals surface area contributed by atoms with Gasteiger partial charge < -0.3 is 10.6 Å². The highest BCUT2D eigenvalue weighted by Crippen LogP contribution is 2.24. The summed E-state index contributed by atoms with van der Waals surface area (Å²) in [6.45, 7) is 6.74. The molecule has 0 spiro atoms. The third kappa shape index (κ3) is 2.76. The van der Waals surface area contributed by atoms with Crippen molar-refractivity contribution in [1.82, 2.24) is 5.32 Å². The van der Waals surface area contributed by atoms with E-state index in [4.69, 9.17) is 0 Å². The summed E-state index contributed by atoms with van der Waals surface area (Å²) in [6, 6.07) is 9.18. The molecule has 1 aromatic rings. The van der Waals surface area contributed by atoms with E-state index >= 15 is 0 Å². The fourth-order valence-corrected chi connectivity index (χ4v) is 2.15. The first-order valence-electron chi connectivity index (χ1n) is 6.34. The van der Waals surface area contributed by atoms with E-state index in [1.54, 1.807) is 0 Å². The highest BCUT2D eigenvalue weighted by Gasteiger charge is 2.19. The normalized spacial score (nSPS) is 20.2. The Morgan fingerprint density at radius 3 is 3.00 bits per heavy atom. The zero-order valence-electron chi connectivity index (χ0n) is 10.3. The van der Waals surface area contributed by atoms with Crippen LogP contribution in [0.3, 0.4) is 0 Å². The Labute approximate surface area is 98.4 Å². The molecule has 0 bridgehead atoms. The number of hydrogen-bond donors (Lipinski definition) is 2. The minimum atomic E-state index is 0.571. The number of nitrogens with one attached hydrogen (secondary N) is 2. The highest BCUT2D eigenvalue weighted by atomic mass is 15.0. The Kier molecular flexibility index (Phi) is 3.83. The van der Waals surface area contributed by atoms with Crippen LogP contribution in [-0.2, 0) is 6.42 Å². The quantitative estimate of drug-likeness (QED) is 0.794. The molecule has 0 saturated carbocycles. The number of fused-ring (bicyclic) bond motifs is 1. The molecule has 2 heteroatoms. The fraction of sp³-hybridized carbons (Fsp3) is 0.571. The molecule has 0 fully saturated rings. The van der Waals surface area contributed by atoms with Gasteiger partial charge in [0.05, 0.1) is 0 Å². The summed E-state index contributed by atoms with van der Waals surface area (Å²) in [6.07, 6.45) is 2.41. The van der Waals surface area contributed by atoms with Gasteiger partial charge in [-0.25, -0.2) is 0 Å². The van der Waals surface area contributed by atoms with Crippen LogP contribution in [0.4, 0.5) is 5.69 Å². The van der Waals surface area contributed by atoms with Gasteiger partial charge in [-0.15, -0.1) is 0 Å². The maximum absolute atomic E-state index is 3.56. The van der Waals surface area contributed by atoms with Gasteiger partial charge in [0.1, 0.15) is 0 Å². The molecule has 0 amide bonds. The molecule has 88 valence electrons. The minimum Gasteiger partial charge on any atom is -0.380 e. The average molecular weight is 218 g/mol. The van der Waals surface area contributed by atoms with Gasteiger partial charge in [0, 0.05) is 18.3 Å². The first-order chi connectivity index (χ1) is 7.79. The molecule has 0 aliphatic carbocycles. The molecule has 16 heavy (non-hydrogen) atoms. The van der Waals surface area contributed by atoms with Crippen molar-refractivity contribution in [3.8, 4) is 0 Å². The SMILES string of the molecule is CCC(C)CNCC1Cc2ccccc2N1. The van der Waals surface area contributed by atoms with Crippen LogP contribution in [0.15, 0.2) is 24.3 Å². The van der Waals surface area contributed by atoms with Gasteiger partial charge >= 0.3 is 0 Å². The molecule has 1 aliphatic rings. The predicted molar refractivity (Wildman–Crippen MR) is 69.9 cm³/mol. The summed E-state index contributed by atoms with van der Waals surface area (Å²) >= 11 is 0. The Morgan fingerprint density at radius 2 is 2.25 bits per heavy atom. The number of rotatable bonds is 5. The van der Waals surface area contributed by atoms with Crippen molar-refractivity contribution in [3.05, 3.63) is 29.8 Å². The van der Waals surface area contributed by atoms with E-state index in [1.165, 1.54) is 17.7 Å². The van der Waals surface area contributed by atoms with Crippen molar-refractivity contribution >= 4 is 5.69 Å². The van der Waals surface area contributed by atoms with Crippen molar-refractivity contribution in [2.75, 3.05) is 18.4 Å². The lowest BCUT2D eigenvalue weighted by molar-refractivity contribution is 0.488. The molecule has 0 radical (unpaired) electrons. The van der Waals surface area contributed by atoms with Crippen molar-refractivity contribution in [3.63, 3.8) is 0 Å². The van der Waals surface area contributed by atoms with Gasteiger partial charge in [0.2, 0.25) is 0 Å². The summed E-state index contributed by atoms with van der Waals surface area (Å²) in [7, 11) is 0. The van der Waals surface area contributed by atoms with E-state index in [0.717, 1.165) is 25.4 Å². The van der Waals surface area contributed by atoms with Crippen molar-refractivity contribution < 1.29 is 0 Å². The van der Waals surface area contributed by atoms with E-state index in [1.807, 2.05) is 0 Å². The minimum absolute atomic E-state index is 0.571. The molecular formula is C14H22N2. The van der Waals surface area contributed by atoms with E-state index in [9.17, 15) is 0 Å². The molecule has 2 rings (SSSR count). The Balaban J connectivity index is 1.75. The molecule has 1 heterocycles. The average Bonchev–Trinajstić information content (AvgIpc) is 2.71. The summed E-state index contributed by atoms with van der Waals surface area (Å²) in [5.41, 5.74) is 2.77. The molecule has 0 saturated heterocycles. The van der Waals surface area contributed by atoms with E-state index in [0.29, 0.717) is 6.04 Å². The lowest BCUT2D eigenvalue weighted by Crippen LogP contribution is -2.33. The maximum Gasteiger partial charge on any atom is 0.0427 e. The van der Waals surface area contributed by atoms with Gasteiger partial charge in [-0.3, -0.25) is 0 Å². The van der Waals surface area contributed by atoms with Crippen LogP contribution in [0, 0.1) is 5.92 Å². The summed E-state index contributed by atoms with van der Waals surface area (Å²) in [5.74, 6) is 0.781. The van der Waals surface area contributed by atoms with Crippen LogP contribution in [-0.4, -0.2) is 19.1 Å². The molecule has 2 N–H and O–H groups in total. The number of anilines is 1. The van der Waals surface area contributed by atoms with Gasteiger partial charge in [0.25, 0.3) is 0 Å². The second-order valence-corrected chi connectivity index (χ2v) is 4.87. The maximum atomic E-state index is 3.56. The van der Waals surface area contributed by atoms with Crippen molar-refractivity contribution in [1.29, 1.82) is 0 Å². The first-order valence-corrected chi connectivity index (χ1v) is 6.34. The monoisotopic (exact) mass is 218 g/mol. The second kappa shape index (κ2) is 5.35. The number of benzene rings is 1. The van der Waals surface area contributed by atoms with Crippen molar-refractivity contribution in [2.45, 2.75) is 32.7 Å². The standard InChI is InChI=1S/C14H22N2/c1-3-11(2)9-15-10-13-8-12-6-4-5-7-14(12)16-13/h4-7,11,13,15-16H,3,8-10H2,1-2H3. The zero-order valence-corrected chi connectivity index (χ0v) is 10.3. The van der Waals surface area contributed by atoms with E-state index < -0.39 is 0 Å². The summed E-state index contributed by atoms with van der Waals surface area (Å²) < 4.78 is 0. The van der Waals surface area contributed by atoms with Crippen LogP contribution in [0.2, 0.25) is 0 Å². The molecule has 1 aliphatic heterocycles.